The van der Waals surface area contributed by atoms with Gasteiger partial charge in [0.25, 0.3) is 5.56 Å². The molecule has 0 spiro atoms. The molecule has 0 unspecified atom stereocenters. The number of carbonyl (C=O) groups excluding carboxylic acids is 1. The highest BCUT2D eigenvalue weighted by Crippen LogP contribution is 2.10. The maximum absolute atomic E-state index is 11.9. The van der Waals surface area contributed by atoms with Gasteiger partial charge in [0, 0.05) is 12.6 Å². The molecule has 4 nitrogen and oxygen atoms in total. The summed E-state index contributed by atoms with van der Waals surface area (Å²) in [4.78, 5) is 23.6. The highest BCUT2D eigenvalue weighted by atomic mass is 16.2. The van der Waals surface area contributed by atoms with E-state index in [1.807, 2.05) is 25.1 Å². The number of aromatic nitrogens is 1. The van der Waals surface area contributed by atoms with E-state index in [4.69, 9.17) is 0 Å². The van der Waals surface area contributed by atoms with Crippen LogP contribution in [0.1, 0.15) is 13.3 Å². The topological polar surface area (TPSA) is 51.1 Å². The van der Waals surface area contributed by atoms with Gasteiger partial charge in [-0.05, 0) is 23.9 Å². The predicted molar refractivity (Wildman–Crippen MR) is 67.3 cm³/mol. The highest BCUT2D eigenvalue weighted by Gasteiger charge is 2.09. The normalized spacial score (nSPS) is 10.4. The molecule has 0 saturated heterocycles. The number of nitrogens with one attached hydrogen (secondary N) is 1. The molecule has 1 amide bonds. The number of nitrogens with zero attached hydrogens (tertiary/aromatic N) is 1. The van der Waals surface area contributed by atoms with Crippen molar-refractivity contribution in [1.29, 1.82) is 0 Å². The number of hydrogen-bond donors (Lipinski definition) is 1. The first-order valence-corrected chi connectivity index (χ1v) is 5.63. The number of pyridine rings is 1. The van der Waals surface area contributed by atoms with Gasteiger partial charge >= 0.3 is 6.03 Å². The molecule has 0 fully saturated rings. The van der Waals surface area contributed by atoms with Crippen molar-refractivity contribution in [1.82, 2.24) is 9.88 Å². The smallest absolute Gasteiger partial charge is 0.329 e. The van der Waals surface area contributed by atoms with E-state index >= 15 is 0 Å². The van der Waals surface area contributed by atoms with Crippen LogP contribution in [0, 0.1) is 0 Å². The molecule has 0 aliphatic rings. The van der Waals surface area contributed by atoms with Gasteiger partial charge in [0.2, 0.25) is 0 Å². The molecule has 2 aromatic rings. The van der Waals surface area contributed by atoms with Gasteiger partial charge in [-0.25, -0.2) is 9.36 Å². The second-order valence-electron chi connectivity index (χ2n) is 3.80. The largest absolute Gasteiger partial charge is 0.337 e. The summed E-state index contributed by atoms with van der Waals surface area (Å²) in [7, 11) is 0. The van der Waals surface area contributed by atoms with Crippen LogP contribution in [0.2, 0.25) is 0 Å². The van der Waals surface area contributed by atoms with Gasteiger partial charge in [0.15, 0.2) is 0 Å². The van der Waals surface area contributed by atoms with Gasteiger partial charge in [0.05, 0.1) is 5.52 Å². The van der Waals surface area contributed by atoms with E-state index < -0.39 is 0 Å². The third kappa shape index (κ3) is 2.20. The zero-order valence-corrected chi connectivity index (χ0v) is 9.64. The Morgan fingerprint density at radius 3 is 2.76 bits per heavy atom. The molecular weight excluding hydrogens is 216 g/mol. The van der Waals surface area contributed by atoms with Crippen molar-refractivity contribution in [2.24, 2.45) is 0 Å². The minimum absolute atomic E-state index is 0.308. The van der Waals surface area contributed by atoms with E-state index in [2.05, 4.69) is 5.32 Å². The molecule has 0 bridgehead atoms. The van der Waals surface area contributed by atoms with Crippen molar-refractivity contribution in [2.75, 3.05) is 6.54 Å². The van der Waals surface area contributed by atoms with Crippen LogP contribution in [0.5, 0.6) is 0 Å². The molecule has 1 aromatic heterocycles. The SMILES string of the molecule is CCCNC(=O)n1c(=O)ccc2ccccc21. The van der Waals surface area contributed by atoms with Crippen molar-refractivity contribution < 1.29 is 4.79 Å². The van der Waals surface area contributed by atoms with Crippen LogP contribution in [0.15, 0.2) is 41.2 Å². The molecule has 0 saturated carbocycles. The summed E-state index contributed by atoms with van der Waals surface area (Å²) < 4.78 is 1.17. The van der Waals surface area contributed by atoms with E-state index in [1.54, 1.807) is 12.1 Å². The minimum Gasteiger partial charge on any atom is -0.337 e. The number of rotatable bonds is 2. The molecule has 0 atom stereocenters. The molecule has 0 radical (unpaired) electrons. The average molecular weight is 230 g/mol. The first-order valence-electron chi connectivity index (χ1n) is 5.63. The van der Waals surface area contributed by atoms with Crippen LogP contribution >= 0.6 is 0 Å². The van der Waals surface area contributed by atoms with Crippen LogP contribution in [0.3, 0.4) is 0 Å². The van der Waals surface area contributed by atoms with Crippen LogP contribution in [0.4, 0.5) is 4.79 Å². The lowest BCUT2D eigenvalue weighted by Gasteiger charge is -2.09. The summed E-state index contributed by atoms with van der Waals surface area (Å²) >= 11 is 0. The predicted octanol–water partition coefficient (Wildman–Crippen LogP) is 1.97. The number of amides is 1. The van der Waals surface area contributed by atoms with Crippen LogP contribution in [0.25, 0.3) is 10.9 Å². The number of para-hydroxylation sites is 1. The van der Waals surface area contributed by atoms with E-state index in [0.29, 0.717) is 12.1 Å². The van der Waals surface area contributed by atoms with Crippen LogP contribution in [-0.2, 0) is 0 Å². The molecule has 1 aromatic carbocycles. The monoisotopic (exact) mass is 230 g/mol. The number of carbonyl (C=O) groups is 1. The Morgan fingerprint density at radius 1 is 1.24 bits per heavy atom. The van der Waals surface area contributed by atoms with Gasteiger partial charge in [0.1, 0.15) is 0 Å². The van der Waals surface area contributed by atoms with E-state index in [9.17, 15) is 9.59 Å². The lowest BCUT2D eigenvalue weighted by Crippen LogP contribution is -2.36. The minimum atomic E-state index is -0.367. The summed E-state index contributed by atoms with van der Waals surface area (Å²) in [5.74, 6) is 0. The molecule has 0 aliphatic carbocycles. The van der Waals surface area contributed by atoms with Crippen molar-refractivity contribution >= 4 is 16.9 Å². The second kappa shape index (κ2) is 4.82. The van der Waals surface area contributed by atoms with E-state index in [-0.39, 0.29) is 11.6 Å². The lowest BCUT2D eigenvalue weighted by atomic mass is 10.2. The Balaban J connectivity index is 2.55. The van der Waals surface area contributed by atoms with Gasteiger partial charge < -0.3 is 5.32 Å². The zero-order chi connectivity index (χ0) is 12.3. The van der Waals surface area contributed by atoms with Crippen molar-refractivity contribution in [3.8, 4) is 0 Å². The molecule has 1 heterocycles. The fourth-order valence-electron chi connectivity index (χ4n) is 1.71. The third-order valence-corrected chi connectivity index (χ3v) is 2.53. The molecule has 0 aliphatic heterocycles. The Morgan fingerprint density at radius 2 is 2.00 bits per heavy atom. The molecular formula is C13H14N2O2. The number of hydrogen-bond acceptors (Lipinski definition) is 2. The summed E-state index contributed by atoms with van der Waals surface area (Å²) in [6, 6.07) is 10.1. The average Bonchev–Trinajstić information content (AvgIpc) is 2.35. The number of benzene rings is 1. The summed E-state index contributed by atoms with van der Waals surface area (Å²) in [5.41, 5.74) is 0.325. The molecule has 1 N–H and O–H groups in total. The van der Waals surface area contributed by atoms with E-state index in [0.717, 1.165) is 11.8 Å². The van der Waals surface area contributed by atoms with Crippen molar-refractivity contribution in [3.63, 3.8) is 0 Å². The molecule has 4 heteroatoms. The Bertz CT molecular complexity index is 602. The lowest BCUT2D eigenvalue weighted by molar-refractivity contribution is 0.242. The summed E-state index contributed by atoms with van der Waals surface area (Å²) in [6.07, 6.45) is 0.839. The van der Waals surface area contributed by atoms with Gasteiger partial charge in [-0.2, -0.15) is 0 Å². The highest BCUT2D eigenvalue weighted by molar-refractivity contribution is 5.90. The Kier molecular flexibility index (Phi) is 3.23. The van der Waals surface area contributed by atoms with Gasteiger partial charge in [-0.3, -0.25) is 4.79 Å². The van der Waals surface area contributed by atoms with Crippen LogP contribution < -0.4 is 10.9 Å². The zero-order valence-electron chi connectivity index (χ0n) is 9.64. The Hall–Kier alpha value is -2.10. The van der Waals surface area contributed by atoms with E-state index in [1.165, 1.54) is 10.6 Å². The molecule has 2 rings (SSSR count). The second-order valence-corrected chi connectivity index (χ2v) is 3.80. The van der Waals surface area contributed by atoms with Gasteiger partial charge in [-0.15, -0.1) is 0 Å². The van der Waals surface area contributed by atoms with Crippen molar-refractivity contribution in [2.45, 2.75) is 13.3 Å². The van der Waals surface area contributed by atoms with Crippen LogP contribution in [-0.4, -0.2) is 17.1 Å². The number of fused-ring (bicyclic) bond motifs is 1. The maximum Gasteiger partial charge on any atom is 0.329 e. The fraction of sp³-hybridized carbons (Fsp3) is 0.231. The quantitative estimate of drug-likeness (QED) is 0.857. The van der Waals surface area contributed by atoms with Gasteiger partial charge in [-0.1, -0.05) is 25.1 Å². The molecule has 88 valence electrons. The third-order valence-electron chi connectivity index (χ3n) is 2.53. The summed E-state index contributed by atoms with van der Waals surface area (Å²) in [5, 5.41) is 3.58. The fourth-order valence-corrected chi connectivity index (χ4v) is 1.71. The summed E-state index contributed by atoms with van der Waals surface area (Å²) in [6.45, 7) is 2.53. The Labute approximate surface area is 98.9 Å². The maximum atomic E-state index is 11.9. The first kappa shape index (κ1) is 11.4. The first-order chi connectivity index (χ1) is 8.24. The standard InChI is InChI=1S/C13H14N2O2/c1-2-9-14-13(17)15-11-6-4-3-5-10(11)7-8-12(15)16/h3-8H,2,9H2,1H3,(H,14,17). The molecule has 17 heavy (non-hydrogen) atoms. The van der Waals surface area contributed by atoms with Crippen molar-refractivity contribution in [3.05, 3.63) is 46.8 Å².